The number of nitrogens with zero attached hydrogens (tertiary/aromatic N) is 1. The van der Waals surface area contributed by atoms with Gasteiger partial charge in [0.25, 0.3) is 5.91 Å². The van der Waals surface area contributed by atoms with E-state index < -0.39 is 11.9 Å². The number of methoxy groups -OCH3 is 1. The first kappa shape index (κ1) is 21.0. The molecule has 0 saturated heterocycles. The lowest BCUT2D eigenvalue weighted by atomic mass is 10.1. The molecule has 0 radical (unpaired) electrons. The fraction of sp³-hybridized carbons (Fsp3) is 0.250. The van der Waals surface area contributed by atoms with Gasteiger partial charge in [0, 0.05) is 4.88 Å². The summed E-state index contributed by atoms with van der Waals surface area (Å²) < 4.78 is 10.0. The molecule has 0 aliphatic carbocycles. The number of esters is 1. The maximum Gasteiger partial charge on any atom is 0.341 e. The van der Waals surface area contributed by atoms with Crippen molar-refractivity contribution in [3.05, 3.63) is 45.3 Å². The van der Waals surface area contributed by atoms with Crippen molar-refractivity contribution >= 4 is 34.3 Å². The van der Waals surface area contributed by atoms with E-state index in [2.05, 4.69) is 5.32 Å². The highest BCUT2D eigenvalue weighted by atomic mass is 32.1. The van der Waals surface area contributed by atoms with Crippen LogP contribution in [0.2, 0.25) is 0 Å². The van der Waals surface area contributed by atoms with Crippen LogP contribution in [0.25, 0.3) is 6.08 Å². The maximum absolute atomic E-state index is 12.6. The Labute approximate surface area is 166 Å². The highest BCUT2D eigenvalue weighted by Crippen LogP contribution is 2.33. The number of ether oxygens (including phenoxy) is 2. The largest absolute Gasteiger partial charge is 0.504 e. The molecule has 0 atom stereocenters. The van der Waals surface area contributed by atoms with E-state index in [1.807, 2.05) is 13.0 Å². The van der Waals surface area contributed by atoms with Gasteiger partial charge in [-0.3, -0.25) is 4.79 Å². The smallest absolute Gasteiger partial charge is 0.341 e. The predicted molar refractivity (Wildman–Crippen MR) is 107 cm³/mol. The second-order valence-electron chi connectivity index (χ2n) is 5.76. The fourth-order valence-electron chi connectivity index (χ4n) is 2.45. The summed E-state index contributed by atoms with van der Waals surface area (Å²) >= 11 is 1.24. The Kier molecular flexibility index (Phi) is 6.79. The van der Waals surface area contributed by atoms with E-state index in [9.17, 15) is 20.0 Å². The number of phenols is 1. The third-order valence-electron chi connectivity index (χ3n) is 3.97. The first-order valence-corrected chi connectivity index (χ1v) is 9.21. The Bertz CT molecular complexity index is 985. The molecule has 0 fully saturated rings. The Balaban J connectivity index is 2.33. The molecule has 8 heteroatoms. The summed E-state index contributed by atoms with van der Waals surface area (Å²) in [7, 11) is 1.42. The monoisotopic (exact) mass is 400 g/mol. The van der Waals surface area contributed by atoms with Gasteiger partial charge >= 0.3 is 5.97 Å². The van der Waals surface area contributed by atoms with Gasteiger partial charge in [0.2, 0.25) is 0 Å². The van der Waals surface area contributed by atoms with E-state index in [-0.39, 0.29) is 29.2 Å². The SMILES string of the molecule is CCOC(=O)c1c(NC(=O)C(C#N)=Cc2ccc(OC)c(O)c2)sc(C)c1C. The van der Waals surface area contributed by atoms with Crippen LogP contribution in [0.15, 0.2) is 23.8 Å². The zero-order valence-corrected chi connectivity index (χ0v) is 16.8. The van der Waals surface area contributed by atoms with Gasteiger partial charge in [-0.2, -0.15) is 5.26 Å². The topological polar surface area (TPSA) is 109 Å². The van der Waals surface area contributed by atoms with Crippen LogP contribution in [-0.2, 0) is 9.53 Å². The molecular weight excluding hydrogens is 380 g/mol. The van der Waals surface area contributed by atoms with Crippen LogP contribution >= 0.6 is 11.3 Å². The van der Waals surface area contributed by atoms with Crippen LogP contribution in [-0.4, -0.2) is 30.7 Å². The van der Waals surface area contributed by atoms with Crippen molar-refractivity contribution in [2.45, 2.75) is 20.8 Å². The zero-order chi connectivity index (χ0) is 20.8. The summed E-state index contributed by atoms with van der Waals surface area (Å²) in [5, 5.41) is 22.2. The molecule has 146 valence electrons. The van der Waals surface area contributed by atoms with Crippen LogP contribution in [0.1, 0.15) is 33.3 Å². The maximum atomic E-state index is 12.6. The molecule has 0 saturated carbocycles. The summed E-state index contributed by atoms with van der Waals surface area (Å²) in [6.45, 7) is 5.52. The van der Waals surface area contributed by atoms with Crippen LogP contribution in [0.5, 0.6) is 11.5 Å². The van der Waals surface area contributed by atoms with Crippen molar-refractivity contribution in [2.75, 3.05) is 19.0 Å². The number of hydrogen-bond acceptors (Lipinski definition) is 7. The average Bonchev–Trinajstić information content (AvgIpc) is 2.93. The van der Waals surface area contributed by atoms with Gasteiger partial charge < -0.3 is 19.9 Å². The minimum Gasteiger partial charge on any atom is -0.504 e. The van der Waals surface area contributed by atoms with Crippen LogP contribution in [0.4, 0.5) is 5.00 Å². The van der Waals surface area contributed by atoms with Crippen molar-refractivity contribution in [1.82, 2.24) is 0 Å². The minimum atomic E-state index is -0.662. The molecule has 1 aromatic heterocycles. The van der Waals surface area contributed by atoms with E-state index in [1.165, 1.54) is 36.7 Å². The molecule has 0 unspecified atom stereocenters. The second kappa shape index (κ2) is 9.06. The first-order chi connectivity index (χ1) is 13.3. The first-order valence-electron chi connectivity index (χ1n) is 8.39. The van der Waals surface area contributed by atoms with Crippen LogP contribution in [0.3, 0.4) is 0 Å². The van der Waals surface area contributed by atoms with Crippen molar-refractivity contribution in [3.63, 3.8) is 0 Å². The number of rotatable bonds is 6. The number of hydrogen-bond donors (Lipinski definition) is 2. The van der Waals surface area contributed by atoms with E-state index >= 15 is 0 Å². The molecule has 1 aromatic carbocycles. The third kappa shape index (κ3) is 4.50. The number of phenolic OH excluding ortho intramolecular Hbond substituents is 1. The average molecular weight is 400 g/mol. The van der Waals surface area contributed by atoms with E-state index in [1.54, 1.807) is 19.9 Å². The number of aromatic hydroxyl groups is 1. The highest BCUT2D eigenvalue weighted by Gasteiger charge is 2.23. The molecule has 28 heavy (non-hydrogen) atoms. The third-order valence-corrected chi connectivity index (χ3v) is 5.09. The summed E-state index contributed by atoms with van der Waals surface area (Å²) in [6, 6.07) is 6.35. The summed E-state index contributed by atoms with van der Waals surface area (Å²) in [5.41, 5.74) is 1.29. The Hall–Kier alpha value is -3.31. The fourth-order valence-corrected chi connectivity index (χ4v) is 3.49. The Morgan fingerprint density at radius 2 is 2.07 bits per heavy atom. The molecule has 0 spiro atoms. The number of nitriles is 1. The van der Waals surface area contributed by atoms with Crippen LogP contribution < -0.4 is 10.1 Å². The van der Waals surface area contributed by atoms with E-state index in [0.29, 0.717) is 10.6 Å². The molecule has 1 heterocycles. The van der Waals surface area contributed by atoms with Gasteiger partial charge in [0.15, 0.2) is 11.5 Å². The van der Waals surface area contributed by atoms with Crippen molar-refractivity contribution in [3.8, 4) is 17.6 Å². The number of anilines is 1. The van der Waals surface area contributed by atoms with Crippen LogP contribution in [0, 0.1) is 25.2 Å². The van der Waals surface area contributed by atoms with Gasteiger partial charge in [-0.05, 0) is 50.1 Å². The molecule has 1 amide bonds. The predicted octanol–water partition coefficient (Wildman–Crippen LogP) is 3.80. The number of thiophene rings is 1. The van der Waals surface area contributed by atoms with Gasteiger partial charge in [-0.25, -0.2) is 4.79 Å². The van der Waals surface area contributed by atoms with Crippen molar-refractivity contribution < 1.29 is 24.2 Å². The number of amides is 1. The van der Waals surface area contributed by atoms with Gasteiger partial charge in [-0.15, -0.1) is 11.3 Å². The Morgan fingerprint density at radius 3 is 2.64 bits per heavy atom. The summed E-state index contributed by atoms with van der Waals surface area (Å²) in [6.07, 6.45) is 1.34. The van der Waals surface area contributed by atoms with E-state index in [4.69, 9.17) is 9.47 Å². The van der Waals surface area contributed by atoms with Crippen molar-refractivity contribution in [2.24, 2.45) is 0 Å². The normalized spacial score (nSPS) is 10.9. The summed E-state index contributed by atoms with van der Waals surface area (Å²) in [4.78, 5) is 25.7. The van der Waals surface area contributed by atoms with Crippen molar-refractivity contribution in [1.29, 1.82) is 5.26 Å². The van der Waals surface area contributed by atoms with Gasteiger partial charge in [-0.1, -0.05) is 6.07 Å². The van der Waals surface area contributed by atoms with Gasteiger partial charge in [0.1, 0.15) is 16.6 Å². The minimum absolute atomic E-state index is 0.108. The lowest BCUT2D eigenvalue weighted by Gasteiger charge is -2.07. The Morgan fingerprint density at radius 1 is 1.36 bits per heavy atom. The molecule has 2 rings (SSSR count). The summed E-state index contributed by atoms with van der Waals surface area (Å²) in [5.74, 6) is -1.02. The number of carbonyl (C=O) groups is 2. The standard InChI is InChI=1S/C20H20N2O5S/c1-5-27-20(25)17-11(2)12(3)28-19(17)22-18(24)14(10-21)8-13-6-7-16(26-4)15(23)9-13/h6-9,23H,5H2,1-4H3,(H,22,24). The zero-order valence-electron chi connectivity index (χ0n) is 16.0. The number of carbonyl (C=O) groups excluding carboxylic acids is 2. The number of aryl methyl sites for hydroxylation is 1. The molecular formula is C20H20N2O5S. The highest BCUT2D eigenvalue weighted by molar-refractivity contribution is 7.16. The molecule has 2 aromatic rings. The second-order valence-corrected chi connectivity index (χ2v) is 6.99. The lowest BCUT2D eigenvalue weighted by Crippen LogP contribution is -2.16. The number of benzene rings is 1. The lowest BCUT2D eigenvalue weighted by molar-refractivity contribution is -0.112. The molecule has 0 aliphatic rings. The van der Waals surface area contributed by atoms with Gasteiger partial charge in [0.05, 0.1) is 19.3 Å². The van der Waals surface area contributed by atoms with E-state index in [0.717, 1.165) is 10.4 Å². The molecule has 0 bridgehead atoms. The quantitative estimate of drug-likeness (QED) is 0.434. The molecule has 0 aliphatic heterocycles. The molecule has 2 N–H and O–H groups in total. The molecule has 7 nitrogen and oxygen atoms in total. The number of nitrogens with one attached hydrogen (secondary N) is 1.